The minimum absolute atomic E-state index is 0.00499. The van der Waals surface area contributed by atoms with Crippen molar-refractivity contribution in [1.82, 2.24) is 25.4 Å². The third-order valence-corrected chi connectivity index (χ3v) is 5.48. The lowest BCUT2D eigenvalue weighted by molar-refractivity contribution is -0.137. The number of thiophene rings is 1. The molecule has 0 aliphatic heterocycles. The fraction of sp³-hybridized carbons (Fsp3) is 0.400. The van der Waals surface area contributed by atoms with Crippen molar-refractivity contribution in [3.8, 4) is 11.3 Å². The van der Waals surface area contributed by atoms with Gasteiger partial charge in [0.1, 0.15) is 6.54 Å². The number of carbonyl (C=O) groups is 2. The maximum Gasteiger partial charge on any atom is 0.405 e. The lowest BCUT2D eigenvalue weighted by Gasteiger charge is -2.12. The van der Waals surface area contributed by atoms with Gasteiger partial charge in [0.05, 0.1) is 29.4 Å². The SMILES string of the molecule is Cc1cc(-c2cc(C(=O)NCC(=O)NCC(F)(F)F)c3cnn(C(C)C)c3n2)c(C)s1. The predicted molar refractivity (Wildman–Crippen MR) is 112 cm³/mol. The minimum Gasteiger partial charge on any atom is -0.345 e. The van der Waals surface area contributed by atoms with E-state index in [2.05, 4.69) is 10.4 Å². The topological polar surface area (TPSA) is 88.9 Å². The van der Waals surface area contributed by atoms with Gasteiger partial charge in [-0.15, -0.1) is 11.3 Å². The van der Waals surface area contributed by atoms with Gasteiger partial charge in [0.25, 0.3) is 5.91 Å². The average Bonchev–Trinajstić information content (AvgIpc) is 3.25. The second-order valence-electron chi connectivity index (χ2n) is 7.38. The van der Waals surface area contributed by atoms with Gasteiger partial charge in [0.15, 0.2) is 5.65 Å². The Morgan fingerprint density at radius 1 is 1.19 bits per heavy atom. The number of hydrogen-bond donors (Lipinski definition) is 2. The van der Waals surface area contributed by atoms with Crippen LogP contribution >= 0.6 is 11.3 Å². The van der Waals surface area contributed by atoms with Crippen molar-refractivity contribution in [3.63, 3.8) is 0 Å². The third-order valence-electron chi connectivity index (χ3n) is 4.51. The molecule has 2 amide bonds. The second-order valence-corrected chi connectivity index (χ2v) is 8.84. The number of alkyl halides is 3. The zero-order chi connectivity index (χ0) is 22.9. The van der Waals surface area contributed by atoms with Gasteiger partial charge in [-0.1, -0.05) is 0 Å². The lowest BCUT2D eigenvalue weighted by atomic mass is 10.1. The fourth-order valence-corrected chi connectivity index (χ4v) is 4.06. The quantitative estimate of drug-likeness (QED) is 0.595. The molecule has 0 radical (unpaired) electrons. The highest BCUT2D eigenvalue weighted by Gasteiger charge is 2.28. The Hall–Kier alpha value is -2.95. The van der Waals surface area contributed by atoms with Crippen molar-refractivity contribution in [3.05, 3.63) is 33.6 Å². The second kappa shape index (κ2) is 8.66. The molecular weight excluding hydrogens is 431 g/mol. The van der Waals surface area contributed by atoms with Gasteiger partial charge in [-0.3, -0.25) is 9.59 Å². The largest absolute Gasteiger partial charge is 0.405 e. The van der Waals surface area contributed by atoms with Crippen LogP contribution in [0.4, 0.5) is 13.2 Å². The fourth-order valence-electron chi connectivity index (χ4n) is 3.12. The summed E-state index contributed by atoms with van der Waals surface area (Å²) in [4.78, 5) is 31.4. The van der Waals surface area contributed by atoms with Gasteiger partial charge >= 0.3 is 6.18 Å². The third kappa shape index (κ3) is 5.22. The van der Waals surface area contributed by atoms with Crippen LogP contribution in [0.25, 0.3) is 22.3 Å². The number of nitrogens with one attached hydrogen (secondary N) is 2. The molecule has 0 unspecified atom stereocenters. The first-order valence-corrected chi connectivity index (χ1v) is 10.3. The highest BCUT2D eigenvalue weighted by molar-refractivity contribution is 7.12. The summed E-state index contributed by atoms with van der Waals surface area (Å²) in [5.41, 5.74) is 2.24. The van der Waals surface area contributed by atoms with Gasteiger partial charge in [-0.05, 0) is 39.8 Å². The molecule has 0 saturated carbocycles. The van der Waals surface area contributed by atoms with E-state index in [1.807, 2.05) is 33.8 Å². The van der Waals surface area contributed by atoms with E-state index in [0.717, 1.165) is 15.3 Å². The van der Waals surface area contributed by atoms with E-state index in [0.29, 0.717) is 16.7 Å². The summed E-state index contributed by atoms with van der Waals surface area (Å²) in [6.45, 7) is 5.78. The smallest absolute Gasteiger partial charge is 0.345 e. The normalized spacial score (nSPS) is 11.9. The number of nitrogens with zero attached hydrogens (tertiary/aromatic N) is 3. The molecule has 0 aliphatic rings. The minimum atomic E-state index is -4.52. The van der Waals surface area contributed by atoms with Gasteiger partial charge < -0.3 is 10.6 Å². The first-order valence-electron chi connectivity index (χ1n) is 9.53. The van der Waals surface area contributed by atoms with Gasteiger partial charge in [-0.25, -0.2) is 9.67 Å². The summed E-state index contributed by atoms with van der Waals surface area (Å²) in [6, 6.07) is 3.59. The zero-order valence-corrected chi connectivity index (χ0v) is 18.2. The molecule has 2 N–H and O–H groups in total. The lowest BCUT2D eigenvalue weighted by Crippen LogP contribution is -2.40. The number of amides is 2. The number of carbonyl (C=O) groups excluding carboxylic acids is 2. The Morgan fingerprint density at radius 2 is 1.90 bits per heavy atom. The van der Waals surface area contributed by atoms with E-state index < -0.39 is 31.1 Å². The van der Waals surface area contributed by atoms with Crippen molar-refractivity contribution in [2.24, 2.45) is 0 Å². The van der Waals surface area contributed by atoms with E-state index in [1.54, 1.807) is 27.4 Å². The summed E-state index contributed by atoms with van der Waals surface area (Å²) in [7, 11) is 0. The van der Waals surface area contributed by atoms with Crippen LogP contribution in [0, 0.1) is 13.8 Å². The molecule has 0 aromatic carbocycles. The van der Waals surface area contributed by atoms with Crippen molar-refractivity contribution < 1.29 is 22.8 Å². The van der Waals surface area contributed by atoms with Crippen LogP contribution in [-0.2, 0) is 4.79 Å². The van der Waals surface area contributed by atoms with Crippen molar-refractivity contribution >= 4 is 34.2 Å². The number of hydrogen-bond acceptors (Lipinski definition) is 5. The van der Waals surface area contributed by atoms with E-state index in [-0.39, 0.29) is 11.6 Å². The molecule has 11 heteroatoms. The molecule has 0 spiro atoms. The predicted octanol–water partition coefficient (Wildman–Crippen LogP) is 3.77. The van der Waals surface area contributed by atoms with Crippen LogP contribution in [0.3, 0.4) is 0 Å². The molecular formula is C20H22F3N5O2S. The Balaban J connectivity index is 1.94. The molecule has 0 bridgehead atoms. The monoisotopic (exact) mass is 453 g/mol. The molecule has 0 atom stereocenters. The highest BCUT2D eigenvalue weighted by Crippen LogP contribution is 2.32. The maximum atomic E-state index is 12.8. The van der Waals surface area contributed by atoms with Crippen LogP contribution < -0.4 is 10.6 Å². The average molecular weight is 453 g/mol. The van der Waals surface area contributed by atoms with Crippen LogP contribution in [-0.4, -0.2) is 45.8 Å². The van der Waals surface area contributed by atoms with E-state index >= 15 is 0 Å². The summed E-state index contributed by atoms with van der Waals surface area (Å²) in [5.74, 6) is -1.53. The summed E-state index contributed by atoms with van der Waals surface area (Å²) >= 11 is 1.61. The summed E-state index contributed by atoms with van der Waals surface area (Å²) in [6.07, 6.45) is -3.00. The standard InChI is InChI=1S/C20H22F3N5O2S/c1-10(2)28-18-15(7-26-28)14(6-16(27-18)13-5-11(3)31-12(13)4)19(30)24-8-17(29)25-9-20(21,22)23/h5-7,10H,8-9H2,1-4H3,(H,24,30)(H,25,29). The van der Waals surface area contributed by atoms with Gasteiger partial charge in [0, 0.05) is 21.4 Å². The van der Waals surface area contributed by atoms with Gasteiger partial charge in [-0.2, -0.15) is 18.3 Å². The molecule has 0 aliphatic carbocycles. The van der Waals surface area contributed by atoms with Crippen molar-refractivity contribution in [2.45, 2.75) is 39.9 Å². The maximum absolute atomic E-state index is 12.8. The zero-order valence-electron chi connectivity index (χ0n) is 17.4. The molecule has 3 aromatic heterocycles. The number of halogens is 3. The van der Waals surface area contributed by atoms with Crippen molar-refractivity contribution in [1.29, 1.82) is 0 Å². The summed E-state index contributed by atoms with van der Waals surface area (Å²) in [5, 5.41) is 8.93. The number of pyridine rings is 1. The van der Waals surface area contributed by atoms with Crippen LogP contribution in [0.1, 0.15) is 40.0 Å². The number of aromatic nitrogens is 3. The van der Waals surface area contributed by atoms with Crippen molar-refractivity contribution in [2.75, 3.05) is 13.1 Å². The van der Waals surface area contributed by atoms with E-state index in [4.69, 9.17) is 4.98 Å². The van der Waals surface area contributed by atoms with Crippen LogP contribution in [0.15, 0.2) is 18.3 Å². The molecule has 3 heterocycles. The van der Waals surface area contributed by atoms with E-state index in [9.17, 15) is 22.8 Å². The molecule has 31 heavy (non-hydrogen) atoms. The highest BCUT2D eigenvalue weighted by atomic mass is 32.1. The van der Waals surface area contributed by atoms with Gasteiger partial charge in [0.2, 0.25) is 5.91 Å². The number of rotatable bonds is 6. The Bertz CT molecular complexity index is 1130. The summed E-state index contributed by atoms with van der Waals surface area (Å²) < 4.78 is 38.4. The number of fused-ring (bicyclic) bond motifs is 1. The molecule has 0 fully saturated rings. The first-order chi connectivity index (χ1) is 14.5. The Kier molecular flexibility index (Phi) is 6.35. The Morgan fingerprint density at radius 3 is 2.48 bits per heavy atom. The molecule has 3 aromatic rings. The molecule has 3 rings (SSSR count). The molecule has 0 saturated heterocycles. The van der Waals surface area contributed by atoms with E-state index in [1.165, 1.54) is 6.20 Å². The number of aryl methyl sites for hydroxylation is 2. The molecule has 7 nitrogen and oxygen atoms in total. The Labute approximate surface area is 180 Å². The van der Waals surface area contributed by atoms with Crippen LogP contribution in [0.5, 0.6) is 0 Å². The van der Waals surface area contributed by atoms with Crippen LogP contribution in [0.2, 0.25) is 0 Å². The first kappa shape index (κ1) is 22.7. The molecule has 166 valence electrons.